The van der Waals surface area contributed by atoms with Gasteiger partial charge in [-0.25, -0.2) is 4.39 Å². The fraction of sp³-hybridized carbons (Fsp3) is 0.538. The van der Waals surface area contributed by atoms with Crippen LogP contribution in [0.4, 0.5) is 10.1 Å². The van der Waals surface area contributed by atoms with Gasteiger partial charge in [0.2, 0.25) is 0 Å². The zero-order valence-electron chi connectivity index (χ0n) is 9.30. The van der Waals surface area contributed by atoms with Gasteiger partial charge in [-0.1, -0.05) is 0 Å². The van der Waals surface area contributed by atoms with Crippen LogP contribution in [0.15, 0.2) is 18.2 Å². The van der Waals surface area contributed by atoms with Crippen LogP contribution in [0.3, 0.4) is 0 Å². The van der Waals surface area contributed by atoms with Crippen LogP contribution in [0.25, 0.3) is 0 Å². The minimum absolute atomic E-state index is 0.128. The van der Waals surface area contributed by atoms with E-state index < -0.39 is 0 Å². The number of fused-ring (bicyclic) bond motifs is 1. The van der Waals surface area contributed by atoms with Crippen molar-refractivity contribution in [3.63, 3.8) is 0 Å². The summed E-state index contributed by atoms with van der Waals surface area (Å²) in [4.78, 5) is 0. The highest BCUT2D eigenvalue weighted by Crippen LogP contribution is 2.26. The summed E-state index contributed by atoms with van der Waals surface area (Å²) in [5.41, 5.74) is 2.22. The predicted molar refractivity (Wildman–Crippen MR) is 63.1 cm³/mol. The van der Waals surface area contributed by atoms with Crippen molar-refractivity contribution in [2.45, 2.75) is 25.3 Å². The average molecular weight is 220 g/mol. The molecule has 3 rings (SSSR count). The molecule has 2 aliphatic rings. The molecule has 1 aliphatic heterocycles. The van der Waals surface area contributed by atoms with Crippen LogP contribution in [0.5, 0.6) is 0 Å². The van der Waals surface area contributed by atoms with Gasteiger partial charge in [0, 0.05) is 24.8 Å². The van der Waals surface area contributed by atoms with Crippen molar-refractivity contribution in [1.82, 2.24) is 5.32 Å². The van der Waals surface area contributed by atoms with Gasteiger partial charge in [-0.05, 0) is 48.9 Å². The van der Waals surface area contributed by atoms with Gasteiger partial charge < -0.3 is 10.6 Å². The maximum Gasteiger partial charge on any atom is 0.123 e. The van der Waals surface area contributed by atoms with Gasteiger partial charge in [0.25, 0.3) is 0 Å². The Balaban J connectivity index is 1.64. The summed E-state index contributed by atoms with van der Waals surface area (Å²) in [6.45, 7) is 2.05. The van der Waals surface area contributed by atoms with Crippen LogP contribution in [0.2, 0.25) is 0 Å². The largest absolute Gasteiger partial charge is 0.384 e. The van der Waals surface area contributed by atoms with Gasteiger partial charge in [-0.15, -0.1) is 0 Å². The van der Waals surface area contributed by atoms with E-state index in [1.165, 1.54) is 18.9 Å². The summed E-state index contributed by atoms with van der Waals surface area (Å²) in [7, 11) is 0. The van der Waals surface area contributed by atoms with Crippen molar-refractivity contribution >= 4 is 5.69 Å². The molecule has 1 aromatic rings. The summed E-state index contributed by atoms with van der Waals surface area (Å²) in [6.07, 6.45) is 3.64. The molecule has 0 aromatic heterocycles. The Morgan fingerprint density at radius 1 is 1.38 bits per heavy atom. The Labute approximate surface area is 95.2 Å². The standard InChI is InChI=1S/C13H17FN2/c14-11-1-4-13-10(6-11)5-9(8-16-13)7-15-12-2-3-12/h1,4,6,9,12,15-16H,2-3,5,7-8H2. The fourth-order valence-electron chi connectivity index (χ4n) is 2.31. The topological polar surface area (TPSA) is 24.1 Å². The zero-order valence-corrected chi connectivity index (χ0v) is 9.30. The Morgan fingerprint density at radius 2 is 2.25 bits per heavy atom. The Kier molecular flexibility index (Phi) is 2.56. The van der Waals surface area contributed by atoms with Crippen molar-refractivity contribution in [3.05, 3.63) is 29.6 Å². The number of halogens is 1. The number of hydrogen-bond donors (Lipinski definition) is 2. The first-order valence-electron chi connectivity index (χ1n) is 6.07. The maximum absolute atomic E-state index is 13.1. The highest BCUT2D eigenvalue weighted by atomic mass is 19.1. The van der Waals surface area contributed by atoms with Crippen molar-refractivity contribution in [1.29, 1.82) is 0 Å². The second-order valence-electron chi connectivity index (χ2n) is 4.94. The Hall–Kier alpha value is -1.09. The average Bonchev–Trinajstić information content (AvgIpc) is 3.09. The van der Waals surface area contributed by atoms with Crippen molar-refractivity contribution < 1.29 is 4.39 Å². The summed E-state index contributed by atoms with van der Waals surface area (Å²) in [5.74, 6) is 0.464. The van der Waals surface area contributed by atoms with E-state index >= 15 is 0 Å². The highest BCUT2D eigenvalue weighted by Gasteiger charge is 2.24. The van der Waals surface area contributed by atoms with E-state index in [4.69, 9.17) is 0 Å². The molecule has 16 heavy (non-hydrogen) atoms. The molecule has 2 nitrogen and oxygen atoms in total. The maximum atomic E-state index is 13.1. The lowest BCUT2D eigenvalue weighted by Crippen LogP contribution is -2.33. The zero-order chi connectivity index (χ0) is 11.0. The Morgan fingerprint density at radius 3 is 3.06 bits per heavy atom. The molecule has 2 N–H and O–H groups in total. The fourth-order valence-corrected chi connectivity index (χ4v) is 2.31. The molecule has 1 saturated carbocycles. The molecular weight excluding hydrogens is 203 g/mol. The van der Waals surface area contributed by atoms with Crippen LogP contribution in [0, 0.1) is 11.7 Å². The number of rotatable bonds is 3. The molecule has 1 aliphatic carbocycles. The first-order valence-corrected chi connectivity index (χ1v) is 6.07. The van der Waals surface area contributed by atoms with E-state index in [-0.39, 0.29) is 5.82 Å². The molecular formula is C13H17FN2. The molecule has 0 bridgehead atoms. The SMILES string of the molecule is Fc1ccc2c(c1)CC(CNC1CC1)CN2. The molecule has 1 atom stereocenters. The molecule has 0 spiro atoms. The first-order chi connectivity index (χ1) is 7.81. The van der Waals surface area contributed by atoms with Crippen molar-refractivity contribution in [3.8, 4) is 0 Å². The van der Waals surface area contributed by atoms with Gasteiger partial charge in [0.05, 0.1) is 0 Å². The van der Waals surface area contributed by atoms with Gasteiger partial charge in [0.1, 0.15) is 5.82 Å². The monoisotopic (exact) mass is 220 g/mol. The predicted octanol–water partition coefficient (Wildman–Crippen LogP) is 2.16. The third-order valence-corrected chi connectivity index (χ3v) is 3.43. The van der Waals surface area contributed by atoms with E-state index in [1.54, 1.807) is 6.07 Å². The van der Waals surface area contributed by atoms with E-state index in [9.17, 15) is 4.39 Å². The lowest BCUT2D eigenvalue weighted by atomic mass is 9.94. The van der Waals surface area contributed by atoms with Gasteiger partial charge >= 0.3 is 0 Å². The van der Waals surface area contributed by atoms with Crippen LogP contribution in [0.1, 0.15) is 18.4 Å². The lowest BCUT2D eigenvalue weighted by Gasteiger charge is -2.26. The second kappa shape index (κ2) is 4.06. The smallest absolute Gasteiger partial charge is 0.123 e. The molecule has 3 heteroatoms. The van der Waals surface area contributed by atoms with Gasteiger partial charge in [-0.2, -0.15) is 0 Å². The van der Waals surface area contributed by atoms with E-state index in [0.29, 0.717) is 5.92 Å². The summed E-state index contributed by atoms with van der Waals surface area (Å²) >= 11 is 0. The minimum Gasteiger partial charge on any atom is -0.384 e. The Bertz CT molecular complexity index is 388. The third kappa shape index (κ3) is 2.19. The first kappa shape index (κ1) is 10.1. The van der Waals surface area contributed by atoms with Crippen molar-refractivity contribution in [2.75, 3.05) is 18.4 Å². The normalized spacial score (nSPS) is 23.7. The number of anilines is 1. The third-order valence-electron chi connectivity index (χ3n) is 3.43. The molecule has 0 saturated heterocycles. The van der Waals surface area contributed by atoms with E-state index in [0.717, 1.165) is 36.8 Å². The van der Waals surface area contributed by atoms with Gasteiger partial charge in [0.15, 0.2) is 0 Å². The van der Waals surface area contributed by atoms with Crippen molar-refractivity contribution in [2.24, 2.45) is 5.92 Å². The van der Waals surface area contributed by atoms with Crippen LogP contribution in [-0.2, 0) is 6.42 Å². The van der Waals surface area contributed by atoms with Crippen LogP contribution >= 0.6 is 0 Å². The summed E-state index contributed by atoms with van der Waals surface area (Å²) in [5, 5.41) is 6.92. The highest BCUT2D eigenvalue weighted by molar-refractivity contribution is 5.53. The van der Waals surface area contributed by atoms with Crippen LogP contribution < -0.4 is 10.6 Å². The lowest BCUT2D eigenvalue weighted by molar-refractivity contribution is 0.480. The second-order valence-corrected chi connectivity index (χ2v) is 4.94. The van der Waals surface area contributed by atoms with Gasteiger partial charge in [-0.3, -0.25) is 0 Å². The molecule has 0 amide bonds. The molecule has 1 aromatic carbocycles. The quantitative estimate of drug-likeness (QED) is 0.815. The summed E-state index contributed by atoms with van der Waals surface area (Å²) in [6, 6.07) is 5.78. The number of hydrogen-bond acceptors (Lipinski definition) is 2. The molecule has 0 radical (unpaired) electrons. The van der Waals surface area contributed by atoms with Crippen LogP contribution in [-0.4, -0.2) is 19.1 Å². The number of benzene rings is 1. The number of nitrogens with one attached hydrogen (secondary N) is 2. The molecule has 86 valence electrons. The molecule has 1 heterocycles. The molecule has 1 fully saturated rings. The van der Waals surface area contributed by atoms with E-state index in [1.807, 2.05) is 6.07 Å². The minimum atomic E-state index is -0.128. The molecule has 1 unspecified atom stereocenters. The summed E-state index contributed by atoms with van der Waals surface area (Å²) < 4.78 is 13.1. The van der Waals surface area contributed by atoms with E-state index in [2.05, 4.69) is 10.6 Å².